The summed E-state index contributed by atoms with van der Waals surface area (Å²) >= 11 is 0. The molecule has 32 heavy (non-hydrogen) atoms. The van der Waals surface area contributed by atoms with Crippen LogP contribution in [0.4, 0.5) is 0 Å². The number of carbonyl (C=O) groups excluding carboxylic acids is 2. The summed E-state index contributed by atoms with van der Waals surface area (Å²) in [6.45, 7) is 0. The molecular weight excluding hydrogens is 412 g/mol. The summed E-state index contributed by atoms with van der Waals surface area (Å²) in [6, 6.07) is 6.66. The van der Waals surface area contributed by atoms with Gasteiger partial charge in [-0.2, -0.15) is 9.03 Å². The van der Waals surface area contributed by atoms with Gasteiger partial charge in [-0.15, -0.1) is 10.2 Å². The van der Waals surface area contributed by atoms with Gasteiger partial charge in [0.25, 0.3) is 11.8 Å². The van der Waals surface area contributed by atoms with E-state index in [1.54, 1.807) is 60.6 Å². The number of nitrogens with zero attached hydrogens (tertiary/aromatic N) is 10. The van der Waals surface area contributed by atoms with Gasteiger partial charge < -0.3 is 9.80 Å². The normalized spacial score (nSPS) is 18.7. The van der Waals surface area contributed by atoms with Crippen LogP contribution < -0.4 is 0 Å². The van der Waals surface area contributed by atoms with Crippen LogP contribution in [0.3, 0.4) is 0 Å². The molecular formula is C20H22N10O2. The van der Waals surface area contributed by atoms with Gasteiger partial charge in [0.15, 0.2) is 11.3 Å². The number of hydrogen-bond acceptors (Lipinski definition) is 8. The van der Waals surface area contributed by atoms with Crippen molar-refractivity contribution in [1.82, 2.24) is 49.9 Å². The van der Waals surface area contributed by atoms with Crippen molar-refractivity contribution in [2.45, 2.75) is 37.8 Å². The molecule has 1 saturated carbocycles. The Morgan fingerprint density at radius 2 is 1.22 bits per heavy atom. The van der Waals surface area contributed by atoms with Crippen molar-refractivity contribution in [1.29, 1.82) is 0 Å². The molecule has 4 aromatic heterocycles. The number of carbonyl (C=O) groups is 2. The largest absolute Gasteiger partial charge is 0.337 e. The van der Waals surface area contributed by atoms with Gasteiger partial charge in [0.2, 0.25) is 0 Å². The maximum Gasteiger partial charge on any atom is 0.255 e. The summed E-state index contributed by atoms with van der Waals surface area (Å²) < 4.78 is 2.95. The maximum atomic E-state index is 13.2. The maximum absolute atomic E-state index is 13.2. The fraction of sp³-hybridized carbons (Fsp3) is 0.400. The highest BCUT2D eigenvalue weighted by atomic mass is 16.2. The lowest BCUT2D eigenvalue weighted by atomic mass is 9.87. The SMILES string of the molecule is CN(C(=O)c1ccc2nnnn2c1)C1CCCCC1N(C)C(=O)c1ccc2nnnn2c1. The number of rotatable bonds is 4. The lowest BCUT2D eigenvalue weighted by molar-refractivity contribution is 0.0420. The first-order valence-corrected chi connectivity index (χ1v) is 10.4. The fourth-order valence-corrected chi connectivity index (χ4v) is 4.44. The number of likely N-dealkylation sites (N-methyl/N-ethyl adjacent to an activating group) is 2. The van der Waals surface area contributed by atoms with E-state index >= 15 is 0 Å². The minimum Gasteiger partial charge on any atom is -0.337 e. The molecule has 4 aromatic rings. The molecule has 0 aliphatic heterocycles. The molecule has 1 aliphatic carbocycles. The zero-order valence-corrected chi connectivity index (χ0v) is 17.7. The lowest BCUT2D eigenvalue weighted by Gasteiger charge is -2.42. The Hall–Kier alpha value is -3.96. The van der Waals surface area contributed by atoms with Gasteiger partial charge >= 0.3 is 0 Å². The summed E-state index contributed by atoms with van der Waals surface area (Å²) in [4.78, 5) is 30.0. The van der Waals surface area contributed by atoms with Crippen LogP contribution in [-0.4, -0.2) is 87.9 Å². The Kier molecular flexibility index (Phi) is 4.96. The van der Waals surface area contributed by atoms with E-state index in [0.29, 0.717) is 22.4 Å². The zero-order valence-electron chi connectivity index (χ0n) is 17.7. The second-order valence-electron chi connectivity index (χ2n) is 8.05. The van der Waals surface area contributed by atoms with Crippen molar-refractivity contribution >= 4 is 23.1 Å². The first-order chi connectivity index (χ1) is 15.5. The summed E-state index contributed by atoms with van der Waals surface area (Å²) in [7, 11) is 3.58. The fourth-order valence-electron chi connectivity index (χ4n) is 4.44. The van der Waals surface area contributed by atoms with E-state index in [0.717, 1.165) is 25.7 Å². The molecule has 0 N–H and O–H groups in total. The summed E-state index contributed by atoms with van der Waals surface area (Å²) in [6.07, 6.45) is 6.91. The average Bonchev–Trinajstić information content (AvgIpc) is 3.50. The van der Waals surface area contributed by atoms with Crippen molar-refractivity contribution in [3.05, 3.63) is 47.8 Å². The molecule has 164 valence electrons. The number of tetrazole rings is 2. The second-order valence-corrected chi connectivity index (χ2v) is 8.05. The predicted molar refractivity (Wildman–Crippen MR) is 112 cm³/mol. The zero-order chi connectivity index (χ0) is 22.2. The highest BCUT2D eigenvalue weighted by Crippen LogP contribution is 2.28. The molecule has 2 unspecified atom stereocenters. The Bertz CT molecular complexity index is 1200. The second kappa shape index (κ2) is 7.94. The van der Waals surface area contributed by atoms with Gasteiger partial charge in [0.1, 0.15) is 0 Å². The first kappa shape index (κ1) is 20.0. The molecule has 4 heterocycles. The van der Waals surface area contributed by atoms with Crippen LogP contribution in [0.1, 0.15) is 46.4 Å². The van der Waals surface area contributed by atoms with Crippen molar-refractivity contribution in [3.8, 4) is 0 Å². The van der Waals surface area contributed by atoms with Gasteiger partial charge in [0.05, 0.1) is 23.2 Å². The Balaban J connectivity index is 1.38. The number of amides is 2. The highest BCUT2D eigenvalue weighted by molar-refractivity contribution is 5.95. The number of pyridine rings is 2. The monoisotopic (exact) mass is 434 g/mol. The van der Waals surface area contributed by atoms with Crippen LogP contribution in [-0.2, 0) is 0 Å². The van der Waals surface area contributed by atoms with Gasteiger partial charge in [-0.25, -0.2) is 0 Å². The van der Waals surface area contributed by atoms with Crippen LogP contribution in [0.15, 0.2) is 36.7 Å². The van der Waals surface area contributed by atoms with E-state index in [9.17, 15) is 9.59 Å². The van der Waals surface area contributed by atoms with Crippen LogP contribution in [0, 0.1) is 0 Å². The quantitative estimate of drug-likeness (QED) is 0.460. The van der Waals surface area contributed by atoms with Gasteiger partial charge in [-0.1, -0.05) is 12.8 Å². The molecule has 12 heteroatoms. The molecule has 5 rings (SSSR count). The van der Waals surface area contributed by atoms with E-state index in [1.807, 2.05) is 0 Å². The third kappa shape index (κ3) is 3.43. The Labute approximate surface area is 182 Å². The minimum atomic E-state index is -0.129. The van der Waals surface area contributed by atoms with Crippen molar-refractivity contribution in [3.63, 3.8) is 0 Å². The molecule has 0 aromatic carbocycles. The van der Waals surface area contributed by atoms with Crippen molar-refractivity contribution < 1.29 is 9.59 Å². The lowest BCUT2D eigenvalue weighted by Crippen LogP contribution is -2.54. The smallest absolute Gasteiger partial charge is 0.255 e. The van der Waals surface area contributed by atoms with Crippen molar-refractivity contribution in [2.24, 2.45) is 0 Å². The van der Waals surface area contributed by atoms with Gasteiger partial charge in [0, 0.05) is 26.5 Å². The standard InChI is InChI=1S/C20H22N10O2/c1-27(19(31)13-7-9-17-21-23-25-29(17)11-13)15-5-3-4-6-16(15)28(2)20(32)14-8-10-18-22-24-26-30(18)12-14/h7-12,15-16H,3-6H2,1-2H3. The van der Waals surface area contributed by atoms with Crippen LogP contribution in [0.2, 0.25) is 0 Å². The topological polar surface area (TPSA) is 127 Å². The number of fused-ring (bicyclic) bond motifs is 2. The summed E-state index contributed by atoms with van der Waals surface area (Å²) in [5, 5.41) is 22.7. The van der Waals surface area contributed by atoms with E-state index in [-0.39, 0.29) is 23.9 Å². The third-order valence-electron chi connectivity index (χ3n) is 6.21. The number of aromatic nitrogens is 8. The Morgan fingerprint density at radius 1 is 0.781 bits per heavy atom. The van der Waals surface area contributed by atoms with Crippen LogP contribution in [0.5, 0.6) is 0 Å². The van der Waals surface area contributed by atoms with E-state index in [2.05, 4.69) is 31.1 Å². The average molecular weight is 434 g/mol. The molecule has 0 spiro atoms. The summed E-state index contributed by atoms with van der Waals surface area (Å²) in [5.41, 5.74) is 2.14. The molecule has 1 fully saturated rings. The molecule has 0 bridgehead atoms. The molecule has 0 saturated heterocycles. The molecule has 1 aliphatic rings. The molecule has 2 atom stereocenters. The first-order valence-electron chi connectivity index (χ1n) is 10.4. The number of hydrogen-bond donors (Lipinski definition) is 0. The molecule has 2 amide bonds. The van der Waals surface area contributed by atoms with Gasteiger partial charge in [-0.3, -0.25) is 9.59 Å². The summed E-state index contributed by atoms with van der Waals surface area (Å²) in [5.74, 6) is -0.259. The highest BCUT2D eigenvalue weighted by Gasteiger charge is 2.36. The third-order valence-corrected chi connectivity index (χ3v) is 6.21. The predicted octanol–water partition coefficient (Wildman–Crippen LogP) is 0.717. The van der Waals surface area contributed by atoms with Gasteiger partial charge in [-0.05, 0) is 58.0 Å². The Morgan fingerprint density at radius 3 is 1.66 bits per heavy atom. The van der Waals surface area contributed by atoms with Crippen LogP contribution >= 0.6 is 0 Å². The van der Waals surface area contributed by atoms with E-state index in [4.69, 9.17) is 0 Å². The van der Waals surface area contributed by atoms with E-state index < -0.39 is 0 Å². The molecule has 12 nitrogen and oxygen atoms in total. The minimum absolute atomic E-state index is 0.105. The molecule has 0 radical (unpaired) electrons. The van der Waals surface area contributed by atoms with E-state index in [1.165, 1.54) is 9.03 Å². The van der Waals surface area contributed by atoms with Crippen LogP contribution in [0.25, 0.3) is 11.3 Å². The van der Waals surface area contributed by atoms with Crippen molar-refractivity contribution in [2.75, 3.05) is 14.1 Å².